The summed E-state index contributed by atoms with van der Waals surface area (Å²) in [5.41, 5.74) is 1.65. The van der Waals surface area contributed by atoms with Gasteiger partial charge in [0, 0.05) is 19.2 Å². The van der Waals surface area contributed by atoms with Crippen molar-refractivity contribution in [2.45, 2.75) is 20.4 Å². The largest absolute Gasteiger partial charge is 0.321 e. The van der Waals surface area contributed by atoms with Crippen molar-refractivity contribution >= 4 is 28.2 Å². The van der Waals surface area contributed by atoms with E-state index in [9.17, 15) is 19.7 Å². The molecule has 3 aromatic rings. The van der Waals surface area contributed by atoms with E-state index in [1.807, 2.05) is 6.92 Å². The second kappa shape index (κ2) is 6.39. The minimum absolute atomic E-state index is 0.0863. The molecule has 2 heterocycles. The van der Waals surface area contributed by atoms with Crippen LogP contribution in [0.1, 0.15) is 11.4 Å². The molecule has 0 aliphatic heterocycles. The van der Waals surface area contributed by atoms with Gasteiger partial charge < -0.3 is 5.32 Å². The zero-order valence-electron chi connectivity index (χ0n) is 14.4. The van der Waals surface area contributed by atoms with E-state index >= 15 is 0 Å². The van der Waals surface area contributed by atoms with E-state index in [0.717, 1.165) is 16.3 Å². The lowest BCUT2D eigenvalue weighted by molar-refractivity contribution is -0.384. The number of nitrogens with zero attached hydrogens (tertiary/aromatic N) is 5. The number of nitro benzene ring substituents is 1. The quantitative estimate of drug-likeness (QED) is 0.555. The molecule has 0 bridgehead atoms. The zero-order valence-corrected chi connectivity index (χ0v) is 14.4. The highest BCUT2D eigenvalue weighted by atomic mass is 16.6. The van der Waals surface area contributed by atoms with Crippen molar-refractivity contribution in [2.75, 3.05) is 5.32 Å². The summed E-state index contributed by atoms with van der Waals surface area (Å²) in [4.78, 5) is 39.2. The summed E-state index contributed by atoms with van der Waals surface area (Å²) in [6, 6.07) is 3.84. The molecule has 0 aliphatic rings. The van der Waals surface area contributed by atoms with E-state index in [1.54, 1.807) is 18.7 Å². The summed E-state index contributed by atoms with van der Waals surface area (Å²) in [7, 11) is 1.77. The van der Waals surface area contributed by atoms with E-state index in [4.69, 9.17) is 0 Å². The minimum atomic E-state index is -0.586. The van der Waals surface area contributed by atoms with Crippen LogP contribution in [0.15, 0.2) is 29.3 Å². The van der Waals surface area contributed by atoms with Gasteiger partial charge in [-0.2, -0.15) is 5.10 Å². The predicted molar refractivity (Wildman–Crippen MR) is 94.0 cm³/mol. The van der Waals surface area contributed by atoms with Gasteiger partial charge in [0.25, 0.3) is 11.2 Å². The number of carbonyl (C=O) groups is 1. The van der Waals surface area contributed by atoms with Crippen molar-refractivity contribution in [3.8, 4) is 0 Å². The molecule has 1 N–H and O–H groups in total. The molecule has 0 spiro atoms. The molecule has 10 nitrogen and oxygen atoms in total. The van der Waals surface area contributed by atoms with Crippen LogP contribution in [0.4, 0.5) is 11.4 Å². The summed E-state index contributed by atoms with van der Waals surface area (Å²) in [5, 5.41) is 17.9. The van der Waals surface area contributed by atoms with Crippen molar-refractivity contribution in [2.24, 2.45) is 7.05 Å². The Bertz CT molecular complexity index is 1100. The summed E-state index contributed by atoms with van der Waals surface area (Å²) in [5.74, 6) is -0.419. The SMILES string of the molecule is Cc1nn(C)c(C)c1NC(=O)Cn1cnc2ccc([N+](=O)[O-])cc2c1=O. The molecule has 0 saturated carbocycles. The fourth-order valence-corrected chi connectivity index (χ4v) is 2.66. The number of benzene rings is 1. The van der Waals surface area contributed by atoms with Gasteiger partial charge in [0.1, 0.15) is 6.54 Å². The molecule has 0 fully saturated rings. The summed E-state index contributed by atoms with van der Waals surface area (Å²) in [6.07, 6.45) is 1.25. The van der Waals surface area contributed by atoms with Gasteiger partial charge in [-0.25, -0.2) is 4.98 Å². The van der Waals surface area contributed by atoms with Crippen molar-refractivity contribution in [1.82, 2.24) is 19.3 Å². The molecule has 26 heavy (non-hydrogen) atoms. The number of carbonyl (C=O) groups excluding carboxylic acids is 1. The number of nitrogens with one attached hydrogen (secondary N) is 1. The Morgan fingerprint density at radius 2 is 2.08 bits per heavy atom. The molecule has 10 heteroatoms. The number of hydrogen-bond donors (Lipinski definition) is 1. The highest BCUT2D eigenvalue weighted by Gasteiger charge is 2.15. The summed E-state index contributed by atoms with van der Waals surface area (Å²) in [6.45, 7) is 3.32. The molecule has 2 aromatic heterocycles. The van der Waals surface area contributed by atoms with E-state index < -0.39 is 16.4 Å². The Balaban J connectivity index is 1.90. The van der Waals surface area contributed by atoms with Crippen molar-refractivity contribution < 1.29 is 9.72 Å². The molecule has 3 rings (SSSR count). The Hall–Kier alpha value is -3.56. The lowest BCUT2D eigenvalue weighted by atomic mass is 10.2. The van der Waals surface area contributed by atoms with E-state index in [-0.39, 0.29) is 17.6 Å². The molecule has 134 valence electrons. The smallest absolute Gasteiger partial charge is 0.270 e. The normalized spacial score (nSPS) is 10.9. The Morgan fingerprint density at radius 1 is 1.35 bits per heavy atom. The van der Waals surface area contributed by atoms with Crippen LogP contribution >= 0.6 is 0 Å². The number of nitro groups is 1. The van der Waals surface area contributed by atoms with Gasteiger partial charge in [-0.05, 0) is 19.9 Å². The maximum absolute atomic E-state index is 12.5. The van der Waals surface area contributed by atoms with Gasteiger partial charge in [0.2, 0.25) is 5.91 Å². The number of rotatable bonds is 4. The van der Waals surface area contributed by atoms with Gasteiger partial charge in [0.15, 0.2) is 0 Å². The number of aromatic nitrogens is 4. The molecule has 1 aromatic carbocycles. The third-order valence-corrected chi connectivity index (χ3v) is 4.11. The maximum Gasteiger partial charge on any atom is 0.270 e. The van der Waals surface area contributed by atoms with E-state index in [2.05, 4.69) is 15.4 Å². The minimum Gasteiger partial charge on any atom is -0.321 e. The molecular formula is C16H16N6O4. The first kappa shape index (κ1) is 17.3. The fourth-order valence-electron chi connectivity index (χ4n) is 2.66. The first-order valence-corrected chi connectivity index (χ1v) is 7.71. The standard InChI is InChI=1S/C16H16N6O4/c1-9-15(10(2)20(3)19-9)18-14(23)7-21-8-17-13-5-4-11(22(25)26)6-12(13)16(21)24/h4-6,8H,7H2,1-3H3,(H,18,23). The second-order valence-corrected chi connectivity index (χ2v) is 5.85. The predicted octanol–water partition coefficient (Wildman–Crippen LogP) is 1.29. The maximum atomic E-state index is 12.5. The van der Waals surface area contributed by atoms with Gasteiger partial charge in [-0.15, -0.1) is 0 Å². The van der Waals surface area contributed by atoms with Gasteiger partial charge in [-0.1, -0.05) is 0 Å². The highest BCUT2D eigenvalue weighted by Crippen LogP contribution is 2.18. The first-order chi connectivity index (χ1) is 12.3. The lowest BCUT2D eigenvalue weighted by Gasteiger charge is -2.08. The van der Waals surface area contributed by atoms with Crippen LogP contribution < -0.4 is 10.9 Å². The number of non-ortho nitro benzene ring substituents is 1. The van der Waals surface area contributed by atoms with Crippen molar-refractivity contribution in [3.63, 3.8) is 0 Å². The fraction of sp³-hybridized carbons (Fsp3) is 0.250. The van der Waals surface area contributed by atoms with Crippen LogP contribution in [0.5, 0.6) is 0 Å². The van der Waals surface area contributed by atoms with Crippen LogP contribution in [-0.2, 0) is 18.4 Å². The molecular weight excluding hydrogens is 340 g/mol. The van der Waals surface area contributed by atoms with Gasteiger partial charge >= 0.3 is 0 Å². The number of hydrogen-bond acceptors (Lipinski definition) is 6. The van der Waals surface area contributed by atoms with Gasteiger partial charge in [0.05, 0.1) is 39.2 Å². The molecule has 0 unspecified atom stereocenters. The number of anilines is 1. The average molecular weight is 356 g/mol. The Morgan fingerprint density at radius 3 is 2.69 bits per heavy atom. The topological polar surface area (TPSA) is 125 Å². The summed E-state index contributed by atoms with van der Waals surface area (Å²) < 4.78 is 2.76. The third kappa shape index (κ3) is 3.04. The van der Waals surface area contributed by atoms with Crippen molar-refractivity contribution in [1.29, 1.82) is 0 Å². The van der Waals surface area contributed by atoms with E-state index in [1.165, 1.54) is 18.5 Å². The Kier molecular flexibility index (Phi) is 4.24. The number of aryl methyl sites for hydroxylation is 2. The number of amides is 1. The first-order valence-electron chi connectivity index (χ1n) is 7.71. The zero-order chi connectivity index (χ0) is 19.0. The molecule has 1 amide bonds. The van der Waals surface area contributed by atoms with Gasteiger partial charge in [-0.3, -0.25) is 29.0 Å². The monoisotopic (exact) mass is 356 g/mol. The molecule has 0 aliphatic carbocycles. The van der Waals surface area contributed by atoms with Crippen LogP contribution in [0, 0.1) is 24.0 Å². The molecule has 0 atom stereocenters. The van der Waals surface area contributed by atoms with Crippen molar-refractivity contribution in [3.05, 3.63) is 56.4 Å². The van der Waals surface area contributed by atoms with Crippen LogP contribution in [0.3, 0.4) is 0 Å². The second-order valence-electron chi connectivity index (χ2n) is 5.85. The lowest BCUT2D eigenvalue weighted by Crippen LogP contribution is -2.28. The van der Waals surface area contributed by atoms with Crippen LogP contribution in [0.2, 0.25) is 0 Å². The molecule has 0 radical (unpaired) electrons. The highest BCUT2D eigenvalue weighted by molar-refractivity contribution is 5.92. The average Bonchev–Trinajstić information content (AvgIpc) is 2.83. The summed E-state index contributed by atoms with van der Waals surface area (Å²) >= 11 is 0. The van der Waals surface area contributed by atoms with Crippen LogP contribution in [-0.4, -0.2) is 30.2 Å². The van der Waals surface area contributed by atoms with Crippen LogP contribution in [0.25, 0.3) is 10.9 Å². The number of fused-ring (bicyclic) bond motifs is 1. The third-order valence-electron chi connectivity index (χ3n) is 4.11. The van der Waals surface area contributed by atoms with E-state index in [0.29, 0.717) is 16.9 Å². The molecule has 0 saturated heterocycles. The Labute approximate surface area is 147 Å².